The van der Waals surface area contributed by atoms with Crippen LogP contribution >= 0.6 is 0 Å². The van der Waals surface area contributed by atoms with Gasteiger partial charge in [0.15, 0.2) is 0 Å². The maximum atomic E-state index is 2.83. The van der Waals surface area contributed by atoms with Gasteiger partial charge in [0, 0.05) is 34.1 Å². The van der Waals surface area contributed by atoms with Gasteiger partial charge >= 0.3 is 0 Å². The van der Waals surface area contributed by atoms with Crippen LogP contribution < -0.4 is 26.2 Å². The molecular formula is C62H79BN2. The van der Waals surface area contributed by atoms with Crippen LogP contribution in [-0.2, 0) is 43.9 Å². The van der Waals surface area contributed by atoms with E-state index in [1.54, 1.807) is 49.8 Å². The molecule has 0 spiro atoms. The Morgan fingerprint density at radius 1 is 0.431 bits per heavy atom. The summed E-state index contributed by atoms with van der Waals surface area (Å²) in [5, 5.41) is 0. The Morgan fingerprint density at radius 2 is 0.877 bits per heavy atom. The normalized spacial score (nSPS) is 22.8. The van der Waals surface area contributed by atoms with Crippen LogP contribution in [0.4, 0.5) is 28.4 Å². The molecule has 1 saturated carbocycles. The molecule has 0 aromatic heterocycles. The fraction of sp³-hybridized carbons (Fsp3) is 0.548. The van der Waals surface area contributed by atoms with E-state index in [-0.39, 0.29) is 12.1 Å². The minimum Gasteiger partial charge on any atom is -0.312 e. The molecule has 0 N–H and O–H groups in total. The molecule has 2 unspecified atom stereocenters. The summed E-state index contributed by atoms with van der Waals surface area (Å²) < 4.78 is 0. The van der Waals surface area contributed by atoms with Gasteiger partial charge in [0.05, 0.1) is 0 Å². The minimum atomic E-state index is -0.0165. The highest BCUT2D eigenvalue weighted by atomic mass is 15.2. The molecule has 4 aromatic rings. The maximum Gasteiger partial charge on any atom is 0.252 e. The average molecular weight is 863 g/mol. The molecule has 5 aliphatic carbocycles. The highest BCUT2D eigenvalue weighted by Crippen LogP contribution is 2.48. The number of allylic oxidation sites excluding steroid dienone is 3. The molecule has 4 aromatic carbocycles. The molecule has 2 aliphatic heterocycles. The number of hydrogen-bond acceptors (Lipinski definition) is 2. The van der Waals surface area contributed by atoms with Crippen LogP contribution in [0, 0.1) is 11.8 Å². The Hall–Kier alpha value is -3.98. The molecule has 3 heteroatoms. The zero-order valence-electron chi connectivity index (χ0n) is 40.9. The van der Waals surface area contributed by atoms with E-state index in [1.165, 1.54) is 219 Å². The first-order chi connectivity index (χ1) is 31.9. The second kappa shape index (κ2) is 19.0. The number of rotatable bonds is 2. The van der Waals surface area contributed by atoms with Gasteiger partial charge in [0.1, 0.15) is 0 Å². The predicted octanol–water partition coefficient (Wildman–Crippen LogP) is 15.3. The second-order valence-electron chi connectivity index (χ2n) is 23.0. The molecule has 2 atom stereocenters. The lowest BCUT2D eigenvalue weighted by Crippen LogP contribution is -2.62. The topological polar surface area (TPSA) is 6.48 Å². The van der Waals surface area contributed by atoms with Crippen LogP contribution in [0.3, 0.4) is 0 Å². The van der Waals surface area contributed by atoms with Gasteiger partial charge in [0.2, 0.25) is 0 Å². The molecular weight excluding hydrogens is 784 g/mol. The molecule has 11 rings (SSSR count). The molecule has 0 radical (unpaired) electrons. The van der Waals surface area contributed by atoms with Crippen LogP contribution in [0.5, 0.6) is 0 Å². The van der Waals surface area contributed by atoms with E-state index in [0.717, 1.165) is 0 Å². The number of fused-ring (bicyclic) bond motifs is 8. The monoisotopic (exact) mass is 863 g/mol. The summed E-state index contributed by atoms with van der Waals surface area (Å²) in [6, 6.07) is 24.1. The van der Waals surface area contributed by atoms with Crippen molar-refractivity contribution in [1.82, 2.24) is 0 Å². The maximum absolute atomic E-state index is 2.83. The number of anilines is 5. The molecule has 7 aliphatic rings. The number of aryl methyl sites for hydroxylation is 6. The number of hydrogen-bond donors (Lipinski definition) is 0. The summed E-state index contributed by atoms with van der Waals surface area (Å²) in [5.41, 5.74) is 24.4. The highest BCUT2D eigenvalue weighted by molar-refractivity contribution is 7.00. The zero-order chi connectivity index (χ0) is 43.9. The lowest BCUT2D eigenvalue weighted by molar-refractivity contribution is 0.406. The fourth-order valence-electron chi connectivity index (χ4n) is 13.7. The van der Waals surface area contributed by atoms with Crippen molar-refractivity contribution in [2.45, 2.75) is 206 Å². The fourth-order valence-corrected chi connectivity index (χ4v) is 13.7. The second-order valence-corrected chi connectivity index (χ2v) is 23.0. The van der Waals surface area contributed by atoms with Crippen molar-refractivity contribution in [1.29, 1.82) is 0 Å². The van der Waals surface area contributed by atoms with Gasteiger partial charge in [0.25, 0.3) is 6.71 Å². The standard InChI is InChI=1S/C62H79BN2/c1-62(2,3)52-42-59-61-60(43-52)65(54-35-33-45-25-17-9-5-11-19-27-47(45)37-54)58-41-51-31-23-15-7-13-21-29-49(51)39-56(58)63(61)55-38-48-28-20-12-6-14-22-30-50(48)40-57(55)64(59)53-34-32-44-24-16-8-4-10-18-26-46(44)36-53/h32-44,46H,4-31H2,1-3H3. The average Bonchev–Trinajstić information content (AvgIpc) is 3.62. The minimum absolute atomic E-state index is 0.0165. The summed E-state index contributed by atoms with van der Waals surface area (Å²) in [7, 11) is 0. The molecule has 1 fully saturated rings. The SMILES string of the molecule is CC(C)(C)c1cc2c3c(c1)N(c1ccc4c(c1)CCCCCCC4)c1cc4c(cc1B3c1cc3c(cc1N2C1=CC2CCCCCCCC2C=C1)CCCCCCC3)CCCCCCC4. The highest BCUT2D eigenvalue weighted by Gasteiger charge is 2.45. The van der Waals surface area contributed by atoms with Gasteiger partial charge < -0.3 is 9.80 Å². The van der Waals surface area contributed by atoms with Crippen molar-refractivity contribution in [3.05, 3.63) is 117 Å². The molecule has 0 saturated heterocycles. The van der Waals surface area contributed by atoms with E-state index in [0.29, 0.717) is 11.8 Å². The molecule has 2 heterocycles. The van der Waals surface area contributed by atoms with Crippen molar-refractivity contribution >= 4 is 51.5 Å². The summed E-state index contributed by atoms with van der Waals surface area (Å²) in [5.74, 6) is 1.27. The van der Waals surface area contributed by atoms with Crippen molar-refractivity contribution in [3.63, 3.8) is 0 Å². The summed E-state index contributed by atoms with van der Waals surface area (Å²) in [4.78, 5) is 5.64. The van der Waals surface area contributed by atoms with Crippen LogP contribution in [-0.4, -0.2) is 6.71 Å². The van der Waals surface area contributed by atoms with E-state index in [4.69, 9.17) is 0 Å². The van der Waals surface area contributed by atoms with Crippen molar-refractivity contribution < 1.29 is 0 Å². The Labute approximate surface area is 394 Å². The first-order valence-corrected chi connectivity index (χ1v) is 27.5. The summed E-state index contributed by atoms with van der Waals surface area (Å²) in [6.07, 6.45) is 45.0. The first kappa shape index (κ1) is 43.6. The van der Waals surface area contributed by atoms with Gasteiger partial charge in [-0.1, -0.05) is 141 Å². The van der Waals surface area contributed by atoms with E-state index in [1.807, 2.05) is 0 Å². The Bertz CT molecular complexity index is 2440. The third kappa shape index (κ3) is 8.74. The van der Waals surface area contributed by atoms with E-state index < -0.39 is 0 Å². The number of nitrogens with zero attached hydrogens (tertiary/aromatic N) is 2. The van der Waals surface area contributed by atoms with Gasteiger partial charge in [-0.3, -0.25) is 0 Å². The summed E-state index contributed by atoms with van der Waals surface area (Å²) in [6.45, 7) is 7.56. The van der Waals surface area contributed by atoms with Crippen LogP contribution in [0.1, 0.15) is 201 Å². The van der Waals surface area contributed by atoms with E-state index >= 15 is 0 Å². The van der Waals surface area contributed by atoms with Crippen molar-refractivity contribution in [2.24, 2.45) is 11.8 Å². The quantitative estimate of drug-likeness (QED) is 0.163. The predicted molar refractivity (Wildman–Crippen MR) is 281 cm³/mol. The molecule has 2 nitrogen and oxygen atoms in total. The van der Waals surface area contributed by atoms with Crippen molar-refractivity contribution in [3.8, 4) is 0 Å². The van der Waals surface area contributed by atoms with Gasteiger partial charge in [-0.05, 0) is 205 Å². The Kier molecular flexibility index (Phi) is 12.7. The largest absolute Gasteiger partial charge is 0.312 e. The van der Waals surface area contributed by atoms with Crippen LogP contribution in [0.15, 0.2) is 78.5 Å². The Morgan fingerprint density at radius 3 is 1.43 bits per heavy atom. The third-order valence-corrected chi connectivity index (χ3v) is 17.5. The van der Waals surface area contributed by atoms with E-state index in [9.17, 15) is 0 Å². The Balaban J connectivity index is 1.19. The smallest absolute Gasteiger partial charge is 0.252 e. The first-order valence-electron chi connectivity index (χ1n) is 27.5. The molecule has 0 amide bonds. The molecule has 340 valence electrons. The van der Waals surface area contributed by atoms with Crippen LogP contribution in [0.25, 0.3) is 0 Å². The summed E-state index contributed by atoms with van der Waals surface area (Å²) >= 11 is 0. The van der Waals surface area contributed by atoms with Crippen molar-refractivity contribution in [2.75, 3.05) is 9.80 Å². The van der Waals surface area contributed by atoms with E-state index in [2.05, 4.69) is 103 Å². The van der Waals surface area contributed by atoms with Gasteiger partial charge in [-0.15, -0.1) is 0 Å². The third-order valence-electron chi connectivity index (χ3n) is 17.5. The van der Waals surface area contributed by atoms with Crippen LogP contribution in [0.2, 0.25) is 0 Å². The molecule has 65 heavy (non-hydrogen) atoms. The van der Waals surface area contributed by atoms with Gasteiger partial charge in [-0.2, -0.15) is 0 Å². The number of benzene rings is 4. The lowest BCUT2D eigenvalue weighted by atomic mass is 9.33. The molecule has 0 bridgehead atoms. The zero-order valence-corrected chi connectivity index (χ0v) is 40.9. The lowest BCUT2D eigenvalue weighted by Gasteiger charge is -2.46. The van der Waals surface area contributed by atoms with Gasteiger partial charge in [-0.25, -0.2) is 0 Å².